The van der Waals surface area contributed by atoms with Crippen LogP contribution in [0.5, 0.6) is 0 Å². The van der Waals surface area contributed by atoms with E-state index in [0.717, 1.165) is 0 Å². The maximum atomic E-state index is 8.88. The Morgan fingerprint density at radius 3 is 1.20 bits per heavy atom. The quantitative estimate of drug-likeness (QED) is 0.246. The Kier molecular flexibility index (Phi) is 10.2. The Labute approximate surface area is 53.4 Å². The molecule has 0 heterocycles. The Hall–Kier alpha value is -0.760. The van der Waals surface area contributed by atoms with Crippen molar-refractivity contribution < 1.29 is 29.0 Å². The first kappa shape index (κ1) is 16.1. The molecule has 0 spiro atoms. The molecule has 0 aromatic carbocycles. The molecule has 0 amide bonds. The van der Waals surface area contributed by atoms with Crippen LogP contribution in [0.15, 0.2) is 0 Å². The second-order valence-corrected chi connectivity index (χ2v) is 1.76. The van der Waals surface area contributed by atoms with Crippen LogP contribution < -0.4 is 0 Å². The van der Waals surface area contributed by atoms with Gasteiger partial charge in [-0.2, -0.15) is 0 Å². The lowest BCUT2D eigenvalue weighted by molar-refractivity contribution is -0.402. The van der Waals surface area contributed by atoms with Crippen molar-refractivity contribution in [2.75, 3.05) is 0 Å². The van der Waals surface area contributed by atoms with E-state index >= 15 is 0 Å². The van der Waals surface area contributed by atoms with Gasteiger partial charge in [0.2, 0.25) is 0 Å². The Bertz CT molecular complexity index is 113. The third-order valence-electron chi connectivity index (χ3n) is 0. The number of hydrogen-bond donors (Lipinski definition) is 3. The molecule has 3 N–H and O–H groups in total. The average Bonchev–Trinajstić information content (AvgIpc) is 1.19. The van der Waals surface area contributed by atoms with Gasteiger partial charge in [0.25, 0.3) is 0 Å². The Morgan fingerprint density at radius 2 is 1.20 bits per heavy atom. The van der Waals surface area contributed by atoms with Crippen LogP contribution >= 0.6 is 7.82 Å². The molecule has 0 saturated carbocycles. The van der Waals surface area contributed by atoms with Crippen LogP contribution in [0.2, 0.25) is 0 Å². The second kappa shape index (κ2) is 6.36. The van der Waals surface area contributed by atoms with Crippen LogP contribution in [0.1, 0.15) is 0 Å². The van der Waals surface area contributed by atoms with Crippen molar-refractivity contribution >= 4 is 7.82 Å². The van der Waals surface area contributed by atoms with Gasteiger partial charge in [0.15, 0.2) is 0 Å². The monoisotopic (exact) mass is 180 g/mol. The van der Waals surface area contributed by atoms with Crippen LogP contribution in [-0.2, 0) is 4.57 Å². The molecule has 10 heteroatoms. The van der Waals surface area contributed by atoms with Gasteiger partial charge in [-0.25, -0.2) is 4.57 Å². The minimum Gasteiger partial charge on any atom is -0.356 e. The van der Waals surface area contributed by atoms with Gasteiger partial charge in [0.05, 0.1) is 5.09 Å². The van der Waals surface area contributed by atoms with E-state index in [-0.39, 0.29) is 4.70 Å². The molecule has 0 unspecified atom stereocenters. The number of halogens is 1. The standard InChI is InChI=1S/FH.NO3.H3O4P/c;2-1(3)4;1-5(2,3)4/h1H;;(H3,1,2,3,4)/q;-1;. The highest BCUT2D eigenvalue weighted by Gasteiger charge is 2.00. The fourth-order valence-corrected chi connectivity index (χ4v) is 0. The molecule has 0 atom stereocenters. The summed E-state index contributed by atoms with van der Waals surface area (Å²) in [6, 6.07) is 0. The summed E-state index contributed by atoms with van der Waals surface area (Å²) in [6.07, 6.45) is 0. The number of rotatable bonds is 0. The highest BCUT2D eigenvalue weighted by molar-refractivity contribution is 7.45. The molecule has 0 aromatic heterocycles. The van der Waals surface area contributed by atoms with E-state index in [1.165, 1.54) is 0 Å². The van der Waals surface area contributed by atoms with E-state index in [0.29, 0.717) is 0 Å². The zero-order chi connectivity index (χ0) is 8.08. The zero-order valence-corrected chi connectivity index (χ0v) is 5.17. The van der Waals surface area contributed by atoms with Crippen molar-refractivity contribution in [2.24, 2.45) is 0 Å². The number of hydrogen-bond acceptors (Lipinski definition) is 4. The topological polar surface area (TPSA) is 144 Å². The van der Waals surface area contributed by atoms with Gasteiger partial charge in [-0.1, -0.05) is 0 Å². The number of phosphoric acid groups is 1. The fraction of sp³-hybridized carbons (Fsp3) is 0. The minimum absolute atomic E-state index is 0. The molecule has 0 saturated heterocycles. The lowest BCUT2D eigenvalue weighted by Crippen LogP contribution is -1.74. The normalized spacial score (nSPS) is 8.30. The third kappa shape index (κ3) is 488. The second-order valence-electron chi connectivity index (χ2n) is 0.737. The van der Waals surface area contributed by atoms with Crippen molar-refractivity contribution in [3.63, 3.8) is 0 Å². The van der Waals surface area contributed by atoms with Crippen LogP contribution in [0.4, 0.5) is 4.70 Å². The average molecular weight is 180 g/mol. The van der Waals surface area contributed by atoms with E-state index in [9.17, 15) is 0 Å². The lowest BCUT2D eigenvalue weighted by atomic mass is 13.1. The summed E-state index contributed by atoms with van der Waals surface area (Å²) in [4.78, 5) is 29.8. The van der Waals surface area contributed by atoms with Gasteiger partial charge >= 0.3 is 7.82 Å². The predicted octanol–water partition coefficient (Wildman–Crippen LogP) is -1.02. The first-order valence-electron chi connectivity index (χ1n) is 1.33. The molecular weight excluding hydrogens is 176 g/mol. The van der Waals surface area contributed by atoms with Crippen LogP contribution in [-0.4, -0.2) is 19.8 Å². The van der Waals surface area contributed by atoms with Gasteiger partial charge in [-0.05, 0) is 0 Å². The van der Waals surface area contributed by atoms with Crippen LogP contribution in [0.3, 0.4) is 0 Å². The molecule has 64 valence electrons. The SMILES string of the molecule is F.O=P(O)(O)O.O=[N+]([O-])[O-]. The maximum absolute atomic E-state index is 8.88. The molecule has 10 heavy (non-hydrogen) atoms. The molecule has 8 nitrogen and oxygen atoms in total. The summed E-state index contributed by atoms with van der Waals surface area (Å²) in [5, 5.41) is 14.8. The molecule has 0 aliphatic heterocycles. The van der Waals surface area contributed by atoms with Crippen molar-refractivity contribution in [1.82, 2.24) is 0 Å². The van der Waals surface area contributed by atoms with Crippen LogP contribution in [0, 0.1) is 15.3 Å². The van der Waals surface area contributed by atoms with Gasteiger partial charge in [-0.15, -0.1) is 0 Å². The zero-order valence-electron chi connectivity index (χ0n) is 4.28. The van der Waals surface area contributed by atoms with E-state index in [2.05, 4.69) is 0 Å². The van der Waals surface area contributed by atoms with Crippen molar-refractivity contribution in [1.29, 1.82) is 0 Å². The largest absolute Gasteiger partial charge is 0.466 e. The third-order valence-corrected chi connectivity index (χ3v) is 0. The molecule has 0 bridgehead atoms. The summed E-state index contributed by atoms with van der Waals surface area (Å²) in [5.41, 5.74) is 0. The molecule has 0 radical (unpaired) electrons. The molecule has 0 rings (SSSR count). The van der Waals surface area contributed by atoms with Crippen LogP contribution in [0.25, 0.3) is 0 Å². The smallest absolute Gasteiger partial charge is 0.356 e. The highest BCUT2D eigenvalue weighted by Crippen LogP contribution is 2.25. The van der Waals surface area contributed by atoms with Gasteiger partial charge < -0.3 is 30.0 Å². The van der Waals surface area contributed by atoms with Crippen molar-refractivity contribution in [3.8, 4) is 0 Å². The molecule has 0 aliphatic rings. The fourth-order valence-electron chi connectivity index (χ4n) is 0. The summed E-state index contributed by atoms with van der Waals surface area (Å²) in [7, 11) is -4.64. The maximum Gasteiger partial charge on any atom is 0.466 e. The number of nitrogens with zero attached hydrogens (tertiary/aromatic N) is 1. The van der Waals surface area contributed by atoms with E-state index in [1.54, 1.807) is 0 Å². The molecule has 0 aromatic rings. The minimum atomic E-state index is -4.64. The van der Waals surface area contributed by atoms with Gasteiger partial charge in [0, 0.05) is 0 Å². The Morgan fingerprint density at radius 1 is 1.20 bits per heavy atom. The molecular formula is H4FNO7P-. The van der Waals surface area contributed by atoms with Gasteiger partial charge in [0.1, 0.15) is 0 Å². The lowest BCUT2D eigenvalue weighted by Gasteiger charge is -1.82. The Balaban J connectivity index is -0.0000000910. The van der Waals surface area contributed by atoms with E-state index < -0.39 is 12.9 Å². The first-order chi connectivity index (χ1) is 3.73. The summed E-state index contributed by atoms with van der Waals surface area (Å²) >= 11 is 0. The first-order valence-corrected chi connectivity index (χ1v) is 2.90. The highest BCUT2D eigenvalue weighted by atomic mass is 31.2. The van der Waals surface area contributed by atoms with E-state index in [1.807, 2.05) is 0 Å². The summed E-state index contributed by atoms with van der Waals surface area (Å²) in [5.74, 6) is 0. The van der Waals surface area contributed by atoms with Crippen molar-refractivity contribution in [2.45, 2.75) is 0 Å². The summed E-state index contributed by atoms with van der Waals surface area (Å²) in [6.45, 7) is 0. The summed E-state index contributed by atoms with van der Waals surface area (Å²) < 4.78 is 8.88. The predicted molar refractivity (Wildman–Crippen MR) is 27.1 cm³/mol. The van der Waals surface area contributed by atoms with Crippen molar-refractivity contribution in [3.05, 3.63) is 15.3 Å². The molecule has 0 aliphatic carbocycles. The van der Waals surface area contributed by atoms with E-state index in [4.69, 9.17) is 34.6 Å². The van der Waals surface area contributed by atoms with Gasteiger partial charge in [-0.3, -0.25) is 4.70 Å². The molecule has 0 fully saturated rings.